The van der Waals surface area contributed by atoms with Gasteiger partial charge in [-0.3, -0.25) is 0 Å². The highest BCUT2D eigenvalue weighted by molar-refractivity contribution is 7.20. The molecular weight excluding hydrogens is 418 g/mol. The van der Waals surface area contributed by atoms with Crippen molar-refractivity contribution >= 4 is 39.0 Å². The van der Waals surface area contributed by atoms with Crippen molar-refractivity contribution in [2.45, 2.75) is 19.7 Å². The van der Waals surface area contributed by atoms with E-state index in [1.807, 2.05) is 18.3 Å². The maximum Gasteiger partial charge on any atom is 0.253 e. The van der Waals surface area contributed by atoms with Crippen LogP contribution in [0.3, 0.4) is 0 Å². The van der Waals surface area contributed by atoms with Gasteiger partial charge in [-0.05, 0) is 31.5 Å². The van der Waals surface area contributed by atoms with Crippen LogP contribution in [-0.2, 0) is 10.6 Å². The lowest BCUT2D eigenvalue weighted by atomic mass is 10.1. The molecule has 0 bridgehead atoms. The molecule has 0 unspecified atom stereocenters. The SMILES string of the molecule is Cc1cccc(-c2ccn(-c3nc(N4CCOCC4)c4sc(CCl)c(C)c4n3)n2)c1. The van der Waals surface area contributed by atoms with Gasteiger partial charge in [0.25, 0.3) is 5.95 Å². The summed E-state index contributed by atoms with van der Waals surface area (Å²) >= 11 is 7.88. The topological polar surface area (TPSA) is 56.1 Å². The van der Waals surface area contributed by atoms with Crippen LogP contribution in [0.2, 0.25) is 0 Å². The number of halogens is 1. The van der Waals surface area contributed by atoms with Crippen molar-refractivity contribution in [3.8, 4) is 17.2 Å². The number of anilines is 1. The zero-order valence-corrected chi connectivity index (χ0v) is 18.5. The van der Waals surface area contributed by atoms with Crippen molar-refractivity contribution in [3.63, 3.8) is 0 Å². The van der Waals surface area contributed by atoms with E-state index in [1.165, 1.54) is 5.56 Å². The standard InChI is InChI=1S/C22H22ClN5OS/c1-14-4-3-5-16(12-14)17-6-7-28(26-17)22-24-19-15(2)18(13-23)30-20(19)21(25-22)27-8-10-29-11-9-27/h3-7,12H,8-11,13H2,1-2H3. The molecule has 0 N–H and O–H groups in total. The number of ether oxygens (including phenoxy) is 1. The smallest absolute Gasteiger partial charge is 0.253 e. The molecule has 30 heavy (non-hydrogen) atoms. The van der Waals surface area contributed by atoms with Crippen molar-refractivity contribution in [2.24, 2.45) is 0 Å². The molecule has 5 rings (SSSR count). The molecule has 0 spiro atoms. The summed E-state index contributed by atoms with van der Waals surface area (Å²) in [5, 5.41) is 4.77. The van der Waals surface area contributed by atoms with E-state index in [9.17, 15) is 0 Å². The van der Waals surface area contributed by atoms with Gasteiger partial charge in [0.1, 0.15) is 0 Å². The first-order valence-electron chi connectivity index (χ1n) is 9.96. The van der Waals surface area contributed by atoms with Gasteiger partial charge in [0, 0.05) is 29.7 Å². The fourth-order valence-electron chi connectivity index (χ4n) is 3.72. The quantitative estimate of drug-likeness (QED) is 0.430. The average molecular weight is 440 g/mol. The molecular formula is C22H22ClN5OS. The van der Waals surface area contributed by atoms with Crippen molar-refractivity contribution in [1.29, 1.82) is 0 Å². The zero-order valence-electron chi connectivity index (χ0n) is 16.9. The summed E-state index contributed by atoms with van der Waals surface area (Å²) in [5.74, 6) is 1.99. The average Bonchev–Trinajstić information content (AvgIpc) is 3.39. The zero-order chi connectivity index (χ0) is 20.7. The van der Waals surface area contributed by atoms with Gasteiger partial charge in [0.05, 0.1) is 35.0 Å². The molecule has 6 nitrogen and oxygen atoms in total. The first-order valence-corrected chi connectivity index (χ1v) is 11.3. The first-order chi connectivity index (χ1) is 14.6. The minimum Gasteiger partial charge on any atom is -0.378 e. The molecule has 0 radical (unpaired) electrons. The molecule has 1 fully saturated rings. The van der Waals surface area contributed by atoms with Gasteiger partial charge in [0.2, 0.25) is 0 Å². The minimum atomic E-state index is 0.476. The van der Waals surface area contributed by atoms with Gasteiger partial charge in [0.15, 0.2) is 5.82 Å². The fourth-order valence-corrected chi connectivity index (χ4v) is 5.20. The Kier molecular flexibility index (Phi) is 5.18. The van der Waals surface area contributed by atoms with Crippen molar-refractivity contribution in [2.75, 3.05) is 31.2 Å². The van der Waals surface area contributed by atoms with E-state index in [-0.39, 0.29) is 0 Å². The summed E-state index contributed by atoms with van der Waals surface area (Å²) in [6.45, 7) is 7.19. The molecule has 0 saturated carbocycles. The lowest BCUT2D eigenvalue weighted by Gasteiger charge is -2.28. The summed E-state index contributed by atoms with van der Waals surface area (Å²) in [6.07, 6.45) is 1.92. The number of morpholine rings is 1. The molecule has 1 aliphatic heterocycles. The van der Waals surface area contributed by atoms with Gasteiger partial charge >= 0.3 is 0 Å². The molecule has 0 atom stereocenters. The number of hydrogen-bond acceptors (Lipinski definition) is 6. The lowest BCUT2D eigenvalue weighted by Crippen LogP contribution is -2.37. The Labute approximate surface area is 184 Å². The summed E-state index contributed by atoms with van der Waals surface area (Å²) in [6, 6.07) is 10.3. The largest absolute Gasteiger partial charge is 0.378 e. The molecule has 1 aromatic carbocycles. The number of hydrogen-bond donors (Lipinski definition) is 0. The number of aromatic nitrogens is 4. The number of thiophene rings is 1. The molecule has 0 amide bonds. The first kappa shape index (κ1) is 19.5. The molecule has 4 aromatic rings. The van der Waals surface area contributed by atoms with E-state index < -0.39 is 0 Å². The molecule has 8 heteroatoms. The lowest BCUT2D eigenvalue weighted by molar-refractivity contribution is 0.122. The van der Waals surface area contributed by atoms with Crippen LogP contribution in [0, 0.1) is 13.8 Å². The summed E-state index contributed by atoms with van der Waals surface area (Å²) in [7, 11) is 0. The van der Waals surface area contributed by atoms with Crippen molar-refractivity contribution in [3.05, 3.63) is 52.5 Å². The highest BCUT2D eigenvalue weighted by Crippen LogP contribution is 2.37. The van der Waals surface area contributed by atoms with Crippen LogP contribution in [0.4, 0.5) is 5.82 Å². The molecule has 1 saturated heterocycles. The molecule has 1 aliphatic rings. The third-order valence-electron chi connectivity index (χ3n) is 5.37. The second-order valence-electron chi connectivity index (χ2n) is 7.42. The van der Waals surface area contributed by atoms with Crippen molar-refractivity contribution in [1.82, 2.24) is 19.7 Å². The maximum absolute atomic E-state index is 6.19. The van der Waals surface area contributed by atoms with E-state index in [4.69, 9.17) is 31.4 Å². The van der Waals surface area contributed by atoms with Gasteiger partial charge in [-0.15, -0.1) is 22.9 Å². The third kappa shape index (κ3) is 3.47. The van der Waals surface area contributed by atoms with E-state index in [0.29, 0.717) is 25.0 Å². The highest BCUT2D eigenvalue weighted by Gasteiger charge is 2.22. The number of fused-ring (bicyclic) bond motifs is 1. The van der Waals surface area contributed by atoms with E-state index in [0.717, 1.165) is 50.8 Å². The third-order valence-corrected chi connectivity index (χ3v) is 7.08. The van der Waals surface area contributed by atoms with Crippen LogP contribution < -0.4 is 4.90 Å². The predicted octanol–water partition coefficient (Wildman–Crippen LogP) is 4.74. The second-order valence-corrected chi connectivity index (χ2v) is 8.80. The summed E-state index contributed by atoms with van der Waals surface area (Å²) < 4.78 is 8.39. The monoisotopic (exact) mass is 439 g/mol. The maximum atomic E-state index is 6.19. The highest BCUT2D eigenvalue weighted by atomic mass is 35.5. The fraction of sp³-hybridized carbons (Fsp3) is 0.318. The Bertz CT molecular complexity index is 1210. The molecule has 154 valence electrons. The van der Waals surface area contributed by atoms with Crippen LogP contribution in [-0.4, -0.2) is 46.1 Å². The Morgan fingerprint density at radius 2 is 1.97 bits per heavy atom. The molecule has 0 aliphatic carbocycles. The van der Waals surface area contributed by atoms with Crippen molar-refractivity contribution < 1.29 is 4.74 Å². The number of benzene rings is 1. The molecule has 3 aromatic heterocycles. The number of aryl methyl sites for hydroxylation is 2. The number of alkyl halides is 1. The Morgan fingerprint density at radius 1 is 1.13 bits per heavy atom. The van der Waals surface area contributed by atoms with E-state index >= 15 is 0 Å². The summed E-state index contributed by atoms with van der Waals surface area (Å²) in [4.78, 5) is 13.2. The summed E-state index contributed by atoms with van der Waals surface area (Å²) in [5.41, 5.74) is 5.26. The normalized spacial score (nSPS) is 14.6. The van der Waals surface area contributed by atoms with Crippen LogP contribution in [0.1, 0.15) is 16.0 Å². The van der Waals surface area contributed by atoms with Crippen LogP contribution in [0.25, 0.3) is 27.4 Å². The van der Waals surface area contributed by atoms with Gasteiger partial charge in [-0.2, -0.15) is 10.1 Å². The number of nitrogens with zero attached hydrogens (tertiary/aromatic N) is 5. The van der Waals surface area contributed by atoms with Gasteiger partial charge in [-0.1, -0.05) is 23.8 Å². The Hall–Kier alpha value is -2.48. The van der Waals surface area contributed by atoms with Gasteiger partial charge < -0.3 is 9.64 Å². The van der Waals surface area contributed by atoms with Gasteiger partial charge in [-0.25, -0.2) is 9.67 Å². The minimum absolute atomic E-state index is 0.476. The molecule has 4 heterocycles. The van der Waals surface area contributed by atoms with E-state index in [2.05, 4.69) is 36.9 Å². The Morgan fingerprint density at radius 3 is 2.73 bits per heavy atom. The van der Waals surface area contributed by atoms with Crippen LogP contribution in [0.5, 0.6) is 0 Å². The van der Waals surface area contributed by atoms with E-state index in [1.54, 1.807) is 16.0 Å². The Balaban J connectivity index is 1.63. The second kappa shape index (κ2) is 7.98. The van der Waals surface area contributed by atoms with Crippen LogP contribution >= 0.6 is 22.9 Å². The van der Waals surface area contributed by atoms with Crippen LogP contribution in [0.15, 0.2) is 36.5 Å². The predicted molar refractivity (Wildman–Crippen MR) is 122 cm³/mol. The number of rotatable bonds is 4.